The molecule has 0 aromatic rings. The Kier molecular flexibility index (Phi) is 4.93. The van der Waals surface area contributed by atoms with E-state index in [0.29, 0.717) is 21.2 Å². The van der Waals surface area contributed by atoms with Crippen LogP contribution in [0.4, 0.5) is 0 Å². The van der Waals surface area contributed by atoms with Gasteiger partial charge in [0.15, 0.2) is 0 Å². The van der Waals surface area contributed by atoms with E-state index in [4.69, 9.17) is 0 Å². The van der Waals surface area contributed by atoms with Gasteiger partial charge in [0.05, 0.1) is 0 Å². The van der Waals surface area contributed by atoms with Crippen LogP contribution in [0.2, 0.25) is 0 Å². The zero-order valence-corrected chi connectivity index (χ0v) is 10.8. The predicted molar refractivity (Wildman–Crippen MR) is 50.5 cm³/mol. The van der Waals surface area contributed by atoms with Crippen LogP contribution in [0.15, 0.2) is 0 Å². The van der Waals surface area contributed by atoms with Crippen molar-refractivity contribution in [2.24, 2.45) is 11.8 Å². The molecule has 0 nitrogen and oxygen atoms in total. The Labute approximate surface area is 87.9 Å². The molecule has 0 aromatic carbocycles. The minimum atomic E-state index is 0.632. The Hall–Kier alpha value is 1.46. The van der Waals surface area contributed by atoms with Crippen molar-refractivity contribution < 1.29 is 21.2 Å². The summed E-state index contributed by atoms with van der Waals surface area (Å²) in [5, 5.41) is 0. The van der Waals surface area contributed by atoms with Gasteiger partial charge in [0.1, 0.15) is 0 Å². The van der Waals surface area contributed by atoms with E-state index in [0.717, 1.165) is 11.8 Å². The third kappa shape index (κ3) is 2.50. The molecule has 1 fully saturated rings. The zero-order valence-electron chi connectivity index (χ0n) is 6.45. The Bertz CT molecular complexity index is 81.3. The zero-order chi connectivity index (χ0) is 7.40. The maximum absolute atomic E-state index is 2.56. The number of alkyl halides is 3. The number of hydrogen-bond acceptors (Lipinski definition) is 0. The first-order valence-electron chi connectivity index (χ1n) is 3.98. The Morgan fingerprint density at radius 3 is 2.80 bits per heavy atom. The fourth-order valence-electron chi connectivity index (χ4n) is 1.44. The molecule has 10 heavy (non-hydrogen) atoms. The molecule has 1 aliphatic heterocycles. The molecule has 1 rings (SSSR count). The first-order chi connectivity index (χ1) is 4.88. The quantitative estimate of drug-likeness (QED) is 0.460. The summed E-state index contributed by atoms with van der Waals surface area (Å²) in [6.45, 7) is 2.36. The van der Waals surface area contributed by atoms with Crippen LogP contribution in [0.3, 0.4) is 0 Å². The second kappa shape index (κ2) is 5.17. The molecule has 1 aliphatic rings. The van der Waals surface area contributed by atoms with Gasteiger partial charge in [-0.1, -0.05) is 0 Å². The van der Waals surface area contributed by atoms with Crippen molar-refractivity contribution in [2.45, 2.75) is 19.8 Å². The van der Waals surface area contributed by atoms with Gasteiger partial charge in [-0.05, 0) is 0 Å². The third-order valence-corrected chi connectivity index (χ3v) is 6.58. The van der Waals surface area contributed by atoms with Crippen LogP contribution in [-0.4, -0.2) is 13.3 Å². The molecule has 2 heteroatoms. The van der Waals surface area contributed by atoms with Gasteiger partial charge in [-0.25, -0.2) is 0 Å². The summed E-state index contributed by atoms with van der Waals surface area (Å²) in [6.07, 6.45) is 2.99. The van der Waals surface area contributed by atoms with Gasteiger partial charge in [-0.3, -0.25) is 0 Å². The second-order valence-electron chi connectivity index (χ2n) is 2.90. The SMILES string of the molecule is CCC1C[I-]CCC1CI. The van der Waals surface area contributed by atoms with E-state index in [1.165, 1.54) is 10.8 Å². The Morgan fingerprint density at radius 1 is 1.50 bits per heavy atom. The van der Waals surface area contributed by atoms with E-state index in [1.54, 1.807) is 15.3 Å². The van der Waals surface area contributed by atoms with Crippen molar-refractivity contribution in [3.8, 4) is 0 Å². The van der Waals surface area contributed by atoms with Crippen LogP contribution in [0.5, 0.6) is 0 Å². The normalized spacial score (nSPS) is 35.0. The topological polar surface area (TPSA) is 0 Å². The van der Waals surface area contributed by atoms with Crippen molar-refractivity contribution in [1.29, 1.82) is 0 Å². The number of hydrogen-bond donors (Lipinski definition) is 0. The molecular formula is C8H15I2-. The van der Waals surface area contributed by atoms with Crippen molar-refractivity contribution in [3.63, 3.8) is 0 Å². The molecule has 0 N–H and O–H groups in total. The van der Waals surface area contributed by atoms with Crippen LogP contribution in [0.25, 0.3) is 0 Å². The van der Waals surface area contributed by atoms with Gasteiger partial charge in [0.2, 0.25) is 0 Å². The van der Waals surface area contributed by atoms with E-state index in [1.807, 2.05) is 0 Å². The molecule has 1 heterocycles. The second-order valence-corrected chi connectivity index (χ2v) is 6.82. The summed E-state index contributed by atoms with van der Waals surface area (Å²) in [6, 6.07) is 0. The van der Waals surface area contributed by atoms with Crippen molar-refractivity contribution in [3.05, 3.63) is 0 Å². The molecule has 0 bridgehead atoms. The fraction of sp³-hybridized carbons (Fsp3) is 1.00. The van der Waals surface area contributed by atoms with E-state index in [9.17, 15) is 0 Å². The van der Waals surface area contributed by atoms with Crippen LogP contribution < -0.4 is 21.2 Å². The van der Waals surface area contributed by atoms with Gasteiger partial charge < -0.3 is 0 Å². The molecule has 0 saturated carbocycles. The molecule has 0 radical (unpaired) electrons. The van der Waals surface area contributed by atoms with E-state index < -0.39 is 0 Å². The summed E-state index contributed by atoms with van der Waals surface area (Å²) in [5.41, 5.74) is 0. The molecule has 2 atom stereocenters. The predicted octanol–water partition coefficient (Wildman–Crippen LogP) is -0.443. The van der Waals surface area contributed by atoms with Gasteiger partial charge in [-0.2, -0.15) is 0 Å². The molecule has 0 aromatic heterocycles. The molecular weight excluding hydrogens is 350 g/mol. The van der Waals surface area contributed by atoms with Gasteiger partial charge in [0.25, 0.3) is 0 Å². The minimum absolute atomic E-state index is 0.632. The van der Waals surface area contributed by atoms with E-state index in [-0.39, 0.29) is 0 Å². The summed E-state index contributed by atoms with van der Waals surface area (Å²) in [4.78, 5) is 0. The first-order valence-corrected chi connectivity index (χ1v) is 8.55. The fourth-order valence-corrected chi connectivity index (χ4v) is 6.42. The molecule has 2 unspecified atom stereocenters. The average molecular weight is 365 g/mol. The van der Waals surface area contributed by atoms with E-state index >= 15 is 0 Å². The summed E-state index contributed by atoms with van der Waals surface area (Å²) in [5.74, 6) is 2.19. The van der Waals surface area contributed by atoms with Crippen molar-refractivity contribution in [2.75, 3.05) is 13.3 Å². The van der Waals surface area contributed by atoms with Crippen LogP contribution in [0, 0.1) is 11.8 Å². The third-order valence-electron chi connectivity index (χ3n) is 2.31. The van der Waals surface area contributed by atoms with Crippen molar-refractivity contribution >= 4 is 22.6 Å². The molecule has 0 spiro atoms. The maximum atomic E-state index is 2.56. The summed E-state index contributed by atoms with van der Waals surface area (Å²) < 4.78 is 4.62. The Morgan fingerprint density at radius 2 is 2.30 bits per heavy atom. The van der Waals surface area contributed by atoms with Crippen LogP contribution in [-0.2, 0) is 0 Å². The van der Waals surface area contributed by atoms with Crippen LogP contribution >= 0.6 is 22.6 Å². The first kappa shape index (κ1) is 9.55. The molecule has 0 aliphatic carbocycles. The molecule has 62 valence electrons. The number of halogens is 2. The standard InChI is InChI=1S/C8H15I2/c1-2-7-6-10-4-3-8(7)5-9/h7-8H,2-6H2,1H3/q-1. The monoisotopic (exact) mass is 365 g/mol. The van der Waals surface area contributed by atoms with Crippen molar-refractivity contribution in [1.82, 2.24) is 0 Å². The molecule has 0 amide bonds. The summed E-state index contributed by atoms with van der Waals surface area (Å²) in [7, 11) is 0. The molecule has 1 saturated heterocycles. The summed E-state index contributed by atoms with van der Waals surface area (Å²) >= 11 is 3.19. The van der Waals surface area contributed by atoms with Gasteiger partial charge in [-0.15, -0.1) is 0 Å². The van der Waals surface area contributed by atoms with Crippen LogP contribution in [0.1, 0.15) is 19.8 Å². The van der Waals surface area contributed by atoms with Gasteiger partial charge >= 0.3 is 88.7 Å². The van der Waals surface area contributed by atoms with Gasteiger partial charge in [0, 0.05) is 0 Å². The number of rotatable bonds is 2. The average Bonchev–Trinajstić information content (AvgIpc) is 2.04. The Balaban J connectivity index is 2.34. The van der Waals surface area contributed by atoms with E-state index in [2.05, 4.69) is 29.5 Å².